The zero-order valence-electron chi connectivity index (χ0n) is 18.6. The van der Waals surface area contributed by atoms with Gasteiger partial charge in [-0.15, -0.1) is 0 Å². The van der Waals surface area contributed by atoms with Crippen molar-refractivity contribution in [2.75, 3.05) is 25.2 Å². The average Bonchev–Trinajstić information content (AvgIpc) is 3.30. The minimum Gasteiger partial charge on any atom is -0.480 e. The van der Waals surface area contributed by atoms with E-state index >= 15 is 0 Å². The van der Waals surface area contributed by atoms with Gasteiger partial charge in [-0.05, 0) is 43.3 Å². The third kappa shape index (κ3) is 7.72. The summed E-state index contributed by atoms with van der Waals surface area (Å²) in [6.07, 6.45) is 3.28. The molecule has 0 saturated carbocycles. The fourth-order valence-corrected chi connectivity index (χ4v) is 4.16. The smallest absolute Gasteiger partial charge is 0.326 e. The number of nitrogens with zero attached hydrogens (tertiary/aromatic N) is 1. The Bertz CT molecular complexity index is 824. The number of nitrogens with one attached hydrogen (secondary N) is 2. The molecule has 11 heteroatoms. The first kappa shape index (κ1) is 26.6. The molecule has 0 aliphatic carbocycles. The van der Waals surface area contributed by atoms with Gasteiger partial charge < -0.3 is 31.5 Å². The summed E-state index contributed by atoms with van der Waals surface area (Å²) in [7, 11) is 0. The summed E-state index contributed by atoms with van der Waals surface area (Å²) in [5, 5.41) is 24.1. The zero-order valence-corrected chi connectivity index (χ0v) is 19.4. The molecule has 1 saturated heterocycles. The molecule has 0 spiro atoms. The molecule has 6 N–H and O–H groups in total. The van der Waals surface area contributed by atoms with E-state index in [1.54, 1.807) is 0 Å². The summed E-state index contributed by atoms with van der Waals surface area (Å²) in [5.41, 5.74) is 6.82. The number of carboxylic acids is 1. The van der Waals surface area contributed by atoms with Crippen molar-refractivity contribution in [1.82, 2.24) is 15.5 Å². The second-order valence-electron chi connectivity index (χ2n) is 7.91. The van der Waals surface area contributed by atoms with Crippen molar-refractivity contribution in [3.05, 3.63) is 35.9 Å². The Kier molecular flexibility index (Phi) is 10.6. The molecule has 33 heavy (non-hydrogen) atoms. The number of aliphatic hydroxyl groups excluding tert-OH is 1. The van der Waals surface area contributed by atoms with Crippen LogP contribution in [0.4, 0.5) is 0 Å². The van der Waals surface area contributed by atoms with Crippen LogP contribution in [0.2, 0.25) is 0 Å². The molecule has 1 fully saturated rings. The SMILES string of the molecule is CSCCC(NC(=O)C1CCCN1C(=O)C(CO)NC(=O)C(N)Cc1ccccc1)C(=O)O. The lowest BCUT2D eigenvalue weighted by Gasteiger charge is -2.29. The number of amides is 3. The maximum atomic E-state index is 13.0. The molecule has 1 aromatic rings. The summed E-state index contributed by atoms with van der Waals surface area (Å²) in [6.45, 7) is -0.388. The Morgan fingerprint density at radius 2 is 1.88 bits per heavy atom. The highest BCUT2D eigenvalue weighted by Crippen LogP contribution is 2.19. The topological polar surface area (TPSA) is 162 Å². The molecule has 4 unspecified atom stereocenters. The Balaban J connectivity index is 2.00. The quantitative estimate of drug-likeness (QED) is 0.263. The number of aliphatic hydroxyl groups is 1. The van der Waals surface area contributed by atoms with Gasteiger partial charge in [-0.2, -0.15) is 11.8 Å². The van der Waals surface area contributed by atoms with Crippen LogP contribution in [-0.4, -0.2) is 88.1 Å². The van der Waals surface area contributed by atoms with Crippen LogP contribution in [0, 0.1) is 0 Å². The van der Waals surface area contributed by atoms with Crippen molar-refractivity contribution in [2.45, 2.75) is 49.9 Å². The number of hydrogen-bond donors (Lipinski definition) is 5. The van der Waals surface area contributed by atoms with Crippen molar-refractivity contribution in [2.24, 2.45) is 5.73 Å². The van der Waals surface area contributed by atoms with Crippen LogP contribution in [-0.2, 0) is 25.6 Å². The van der Waals surface area contributed by atoms with Crippen LogP contribution < -0.4 is 16.4 Å². The Morgan fingerprint density at radius 1 is 1.18 bits per heavy atom. The van der Waals surface area contributed by atoms with Crippen molar-refractivity contribution >= 4 is 35.5 Å². The van der Waals surface area contributed by atoms with Crippen LogP contribution in [0.5, 0.6) is 0 Å². The molecule has 1 heterocycles. The fourth-order valence-electron chi connectivity index (χ4n) is 3.69. The number of hydrogen-bond acceptors (Lipinski definition) is 7. The number of thioether (sulfide) groups is 1. The van der Waals surface area contributed by atoms with Gasteiger partial charge in [0, 0.05) is 6.54 Å². The van der Waals surface area contributed by atoms with E-state index in [0.717, 1.165) is 5.56 Å². The second kappa shape index (κ2) is 13.2. The van der Waals surface area contributed by atoms with Gasteiger partial charge in [-0.1, -0.05) is 30.3 Å². The van der Waals surface area contributed by atoms with Crippen LogP contribution in [0.3, 0.4) is 0 Å². The predicted octanol–water partition coefficient (Wildman–Crippen LogP) is -0.653. The minimum atomic E-state index is -1.25. The molecule has 2 rings (SSSR count). The average molecular weight is 481 g/mol. The number of benzene rings is 1. The zero-order chi connectivity index (χ0) is 24.4. The first-order valence-electron chi connectivity index (χ1n) is 10.8. The standard InChI is InChI=1S/C22H32N4O6S/c1-33-11-9-16(22(31)32)24-20(29)18-8-5-10-26(18)21(30)17(13-27)25-19(28)15(23)12-14-6-3-2-4-7-14/h2-4,6-7,15-18,27H,5,8-13,23H2,1H3,(H,24,29)(H,25,28)(H,31,32). The molecule has 4 atom stereocenters. The van der Waals surface area contributed by atoms with Crippen LogP contribution in [0.25, 0.3) is 0 Å². The number of carbonyl (C=O) groups is 4. The van der Waals surface area contributed by atoms with Crippen LogP contribution in [0.1, 0.15) is 24.8 Å². The molecule has 1 aromatic carbocycles. The van der Waals surface area contributed by atoms with Gasteiger partial charge in [0.1, 0.15) is 18.1 Å². The van der Waals surface area contributed by atoms with E-state index in [9.17, 15) is 29.4 Å². The maximum absolute atomic E-state index is 13.0. The summed E-state index contributed by atoms with van der Waals surface area (Å²) in [6, 6.07) is 5.09. The normalized spacial score (nSPS) is 18.3. The molecule has 0 radical (unpaired) electrons. The lowest BCUT2D eigenvalue weighted by molar-refractivity contribution is -0.145. The summed E-state index contributed by atoms with van der Waals surface area (Å²) < 4.78 is 0. The van der Waals surface area contributed by atoms with Gasteiger partial charge in [-0.25, -0.2) is 4.79 Å². The molecule has 0 bridgehead atoms. The van der Waals surface area contributed by atoms with Crippen molar-refractivity contribution in [3.8, 4) is 0 Å². The molecule has 182 valence electrons. The number of aliphatic carboxylic acids is 1. The van der Waals surface area contributed by atoms with E-state index in [0.29, 0.717) is 18.6 Å². The highest BCUT2D eigenvalue weighted by atomic mass is 32.2. The number of carboxylic acid groups (broad SMARTS) is 1. The van der Waals surface area contributed by atoms with E-state index in [1.807, 2.05) is 36.6 Å². The maximum Gasteiger partial charge on any atom is 0.326 e. The Morgan fingerprint density at radius 3 is 2.48 bits per heavy atom. The monoisotopic (exact) mass is 480 g/mol. The number of likely N-dealkylation sites (tertiary alicyclic amines) is 1. The molecule has 1 aliphatic rings. The van der Waals surface area contributed by atoms with Gasteiger partial charge in [0.25, 0.3) is 0 Å². The molecule has 3 amide bonds. The van der Waals surface area contributed by atoms with Gasteiger partial charge in [0.05, 0.1) is 12.6 Å². The first-order chi connectivity index (χ1) is 15.8. The van der Waals surface area contributed by atoms with E-state index in [-0.39, 0.29) is 19.4 Å². The van der Waals surface area contributed by atoms with Crippen molar-refractivity contribution < 1.29 is 29.4 Å². The number of rotatable bonds is 12. The van der Waals surface area contributed by atoms with Gasteiger partial charge in [0.15, 0.2) is 0 Å². The Labute approximate surface area is 197 Å². The van der Waals surface area contributed by atoms with Crippen molar-refractivity contribution in [3.63, 3.8) is 0 Å². The van der Waals surface area contributed by atoms with Crippen molar-refractivity contribution in [1.29, 1.82) is 0 Å². The molecule has 10 nitrogen and oxygen atoms in total. The fraction of sp³-hybridized carbons (Fsp3) is 0.545. The molecule has 0 aromatic heterocycles. The third-order valence-electron chi connectivity index (χ3n) is 5.50. The second-order valence-corrected chi connectivity index (χ2v) is 8.90. The minimum absolute atomic E-state index is 0.261. The largest absolute Gasteiger partial charge is 0.480 e. The van der Waals surface area contributed by atoms with Crippen LogP contribution >= 0.6 is 11.8 Å². The van der Waals surface area contributed by atoms with E-state index < -0.39 is 54.5 Å². The van der Waals surface area contributed by atoms with E-state index in [2.05, 4.69) is 10.6 Å². The molecule has 1 aliphatic heterocycles. The van der Waals surface area contributed by atoms with Crippen LogP contribution in [0.15, 0.2) is 30.3 Å². The van der Waals surface area contributed by atoms with Gasteiger partial charge in [-0.3, -0.25) is 14.4 Å². The molecular formula is C22H32N4O6S. The first-order valence-corrected chi connectivity index (χ1v) is 12.2. The summed E-state index contributed by atoms with van der Waals surface area (Å²) in [5.74, 6) is -2.33. The third-order valence-corrected chi connectivity index (χ3v) is 6.14. The lowest BCUT2D eigenvalue weighted by Crippen LogP contribution is -2.58. The number of nitrogens with two attached hydrogens (primary N) is 1. The molecular weight excluding hydrogens is 448 g/mol. The van der Waals surface area contributed by atoms with Gasteiger partial charge in [0.2, 0.25) is 17.7 Å². The Hall–Kier alpha value is -2.63. The predicted molar refractivity (Wildman–Crippen MR) is 124 cm³/mol. The highest BCUT2D eigenvalue weighted by molar-refractivity contribution is 7.98. The summed E-state index contributed by atoms with van der Waals surface area (Å²) >= 11 is 1.47. The van der Waals surface area contributed by atoms with E-state index in [4.69, 9.17) is 5.73 Å². The summed E-state index contributed by atoms with van der Waals surface area (Å²) in [4.78, 5) is 51.0. The van der Waals surface area contributed by atoms with E-state index in [1.165, 1.54) is 16.7 Å². The lowest BCUT2D eigenvalue weighted by atomic mass is 10.1. The highest BCUT2D eigenvalue weighted by Gasteiger charge is 2.38. The number of carbonyl (C=O) groups excluding carboxylic acids is 3. The van der Waals surface area contributed by atoms with Gasteiger partial charge >= 0.3 is 5.97 Å².